The Morgan fingerprint density at radius 2 is 1.95 bits per heavy atom. The molecule has 0 spiro atoms. The van der Waals surface area contributed by atoms with Gasteiger partial charge in [-0.25, -0.2) is 9.97 Å². The molecule has 0 atom stereocenters. The summed E-state index contributed by atoms with van der Waals surface area (Å²) < 4.78 is 5.07. The van der Waals surface area contributed by atoms with Crippen LogP contribution in [0.25, 0.3) is 0 Å². The number of carbonyl (C=O) groups is 1. The van der Waals surface area contributed by atoms with Gasteiger partial charge >= 0.3 is 5.97 Å². The minimum atomic E-state index is -0.0558. The molecule has 0 radical (unpaired) electrons. The van der Waals surface area contributed by atoms with Crippen LogP contribution in [0.15, 0.2) is 12.4 Å². The molecule has 0 unspecified atom stereocenters. The van der Waals surface area contributed by atoms with E-state index in [9.17, 15) is 4.79 Å². The molecular formula is C14H21N3O2. The van der Waals surface area contributed by atoms with Crippen LogP contribution in [0, 0.1) is 5.92 Å². The van der Waals surface area contributed by atoms with Crippen LogP contribution in [0.4, 0.5) is 5.69 Å². The molecule has 0 amide bonds. The molecular weight excluding hydrogens is 242 g/mol. The topological polar surface area (TPSA) is 55.3 Å². The van der Waals surface area contributed by atoms with Crippen molar-refractivity contribution in [2.24, 2.45) is 5.92 Å². The number of hydrogen-bond donors (Lipinski definition) is 0. The Hall–Kier alpha value is -1.65. The molecule has 1 saturated heterocycles. The van der Waals surface area contributed by atoms with Crippen LogP contribution >= 0.6 is 0 Å². The lowest BCUT2D eigenvalue weighted by molar-refractivity contribution is -0.148. The van der Waals surface area contributed by atoms with Crippen LogP contribution in [0.2, 0.25) is 0 Å². The van der Waals surface area contributed by atoms with Gasteiger partial charge in [0.25, 0.3) is 0 Å². The summed E-state index contributed by atoms with van der Waals surface area (Å²) in [5.41, 5.74) is 1.04. The fourth-order valence-electron chi connectivity index (χ4n) is 2.33. The van der Waals surface area contributed by atoms with E-state index in [1.54, 1.807) is 0 Å². The number of ether oxygens (including phenoxy) is 1. The summed E-state index contributed by atoms with van der Waals surface area (Å²) >= 11 is 0. The highest BCUT2D eigenvalue weighted by atomic mass is 16.5. The van der Waals surface area contributed by atoms with Crippen molar-refractivity contribution in [3.63, 3.8) is 0 Å². The second kappa shape index (κ2) is 6.50. The minimum Gasteiger partial charge on any atom is -0.466 e. The number of rotatable bonds is 4. The van der Waals surface area contributed by atoms with Gasteiger partial charge in [0, 0.05) is 19.5 Å². The largest absolute Gasteiger partial charge is 0.466 e. The third-order valence-corrected chi connectivity index (χ3v) is 3.49. The second-order valence-corrected chi connectivity index (χ2v) is 4.72. The average molecular weight is 263 g/mol. The molecule has 19 heavy (non-hydrogen) atoms. The Kier molecular flexibility index (Phi) is 4.71. The predicted octanol–water partition coefficient (Wildman–Crippen LogP) is 1.82. The Balaban J connectivity index is 1.90. The van der Waals surface area contributed by atoms with Gasteiger partial charge in [-0.15, -0.1) is 0 Å². The van der Waals surface area contributed by atoms with Crippen LogP contribution < -0.4 is 4.90 Å². The van der Waals surface area contributed by atoms with Crippen molar-refractivity contribution < 1.29 is 9.53 Å². The molecule has 5 heteroatoms. The van der Waals surface area contributed by atoms with E-state index in [2.05, 4.69) is 14.9 Å². The quantitative estimate of drug-likeness (QED) is 0.776. The lowest BCUT2D eigenvalue weighted by Gasteiger charge is -2.32. The third-order valence-electron chi connectivity index (χ3n) is 3.49. The smallest absolute Gasteiger partial charge is 0.309 e. The Labute approximate surface area is 114 Å². The molecule has 1 aliphatic rings. The summed E-state index contributed by atoms with van der Waals surface area (Å²) in [6.07, 6.45) is 6.28. The van der Waals surface area contributed by atoms with E-state index in [0.717, 1.165) is 43.9 Å². The van der Waals surface area contributed by atoms with Crippen LogP contribution in [-0.4, -0.2) is 35.6 Å². The molecule has 1 aromatic heterocycles. The number of piperidine rings is 1. The molecule has 2 rings (SSSR count). The lowest BCUT2D eigenvalue weighted by atomic mass is 9.97. The molecule has 104 valence electrons. The molecule has 0 aromatic carbocycles. The van der Waals surface area contributed by atoms with E-state index >= 15 is 0 Å². The summed E-state index contributed by atoms with van der Waals surface area (Å²) in [6.45, 7) is 6.07. The highest BCUT2D eigenvalue weighted by molar-refractivity contribution is 5.72. The first kappa shape index (κ1) is 13.8. The maximum absolute atomic E-state index is 11.7. The van der Waals surface area contributed by atoms with Crippen molar-refractivity contribution in [3.8, 4) is 0 Å². The minimum absolute atomic E-state index is 0.0482. The Morgan fingerprint density at radius 1 is 1.32 bits per heavy atom. The fraction of sp³-hybridized carbons (Fsp3) is 0.643. The van der Waals surface area contributed by atoms with Gasteiger partial charge in [0.05, 0.1) is 30.6 Å². The van der Waals surface area contributed by atoms with E-state index in [1.165, 1.54) is 0 Å². The molecule has 0 N–H and O–H groups in total. The predicted molar refractivity (Wildman–Crippen MR) is 73.0 cm³/mol. The molecule has 0 bridgehead atoms. The first-order valence-electron chi connectivity index (χ1n) is 6.97. The highest BCUT2D eigenvalue weighted by Gasteiger charge is 2.26. The zero-order valence-corrected chi connectivity index (χ0v) is 11.6. The van der Waals surface area contributed by atoms with Gasteiger partial charge in [-0.3, -0.25) is 4.79 Å². The lowest BCUT2D eigenvalue weighted by Crippen LogP contribution is -2.37. The summed E-state index contributed by atoms with van der Waals surface area (Å²) in [5, 5.41) is 0. The van der Waals surface area contributed by atoms with E-state index < -0.39 is 0 Å². The SMILES string of the molecule is CCOC(=O)C1CCN(c2cnc(CC)nc2)CC1. The van der Waals surface area contributed by atoms with Gasteiger partial charge in [-0.05, 0) is 19.8 Å². The van der Waals surface area contributed by atoms with Gasteiger partial charge in [-0.1, -0.05) is 6.92 Å². The van der Waals surface area contributed by atoms with Crippen LogP contribution in [0.5, 0.6) is 0 Å². The maximum Gasteiger partial charge on any atom is 0.309 e. The van der Waals surface area contributed by atoms with Gasteiger partial charge < -0.3 is 9.64 Å². The summed E-state index contributed by atoms with van der Waals surface area (Å²) in [6, 6.07) is 0. The molecule has 1 aromatic rings. The average Bonchev–Trinajstić information content (AvgIpc) is 2.48. The van der Waals surface area contributed by atoms with E-state index in [0.29, 0.717) is 6.61 Å². The number of aromatic nitrogens is 2. The third kappa shape index (κ3) is 3.43. The standard InChI is InChI=1S/C14H21N3O2/c1-3-13-15-9-12(10-16-13)17-7-5-11(6-8-17)14(18)19-4-2/h9-11H,3-8H2,1-2H3. The summed E-state index contributed by atoms with van der Waals surface area (Å²) in [5.74, 6) is 0.858. The zero-order chi connectivity index (χ0) is 13.7. The number of nitrogens with zero attached hydrogens (tertiary/aromatic N) is 3. The highest BCUT2D eigenvalue weighted by Crippen LogP contribution is 2.23. The fourth-order valence-corrected chi connectivity index (χ4v) is 2.33. The van der Waals surface area contributed by atoms with Crippen molar-refractivity contribution in [1.29, 1.82) is 0 Å². The normalized spacial score (nSPS) is 16.4. The Morgan fingerprint density at radius 3 is 2.47 bits per heavy atom. The van der Waals surface area contributed by atoms with E-state index in [-0.39, 0.29) is 11.9 Å². The van der Waals surface area contributed by atoms with Crippen molar-refractivity contribution in [1.82, 2.24) is 9.97 Å². The van der Waals surface area contributed by atoms with Crippen LogP contribution in [0.1, 0.15) is 32.5 Å². The van der Waals surface area contributed by atoms with Gasteiger partial charge in [0.15, 0.2) is 0 Å². The van der Waals surface area contributed by atoms with Crippen molar-refractivity contribution in [2.75, 3.05) is 24.6 Å². The van der Waals surface area contributed by atoms with Gasteiger partial charge in [0.2, 0.25) is 0 Å². The molecule has 1 fully saturated rings. The monoisotopic (exact) mass is 263 g/mol. The number of carbonyl (C=O) groups excluding carboxylic acids is 1. The Bertz CT molecular complexity index is 411. The number of esters is 1. The molecule has 0 saturated carbocycles. The first-order valence-corrected chi connectivity index (χ1v) is 6.97. The zero-order valence-electron chi connectivity index (χ0n) is 11.6. The van der Waals surface area contributed by atoms with Crippen LogP contribution in [-0.2, 0) is 16.0 Å². The van der Waals surface area contributed by atoms with Crippen LogP contribution in [0.3, 0.4) is 0 Å². The molecule has 2 heterocycles. The van der Waals surface area contributed by atoms with E-state index in [4.69, 9.17) is 4.74 Å². The summed E-state index contributed by atoms with van der Waals surface area (Å²) in [7, 11) is 0. The number of hydrogen-bond acceptors (Lipinski definition) is 5. The molecule has 1 aliphatic heterocycles. The number of aryl methyl sites for hydroxylation is 1. The van der Waals surface area contributed by atoms with Gasteiger partial charge in [-0.2, -0.15) is 0 Å². The second-order valence-electron chi connectivity index (χ2n) is 4.72. The van der Waals surface area contributed by atoms with Crippen molar-refractivity contribution in [2.45, 2.75) is 33.1 Å². The van der Waals surface area contributed by atoms with Crippen molar-refractivity contribution >= 4 is 11.7 Å². The van der Waals surface area contributed by atoms with E-state index in [1.807, 2.05) is 26.2 Å². The molecule has 5 nitrogen and oxygen atoms in total. The maximum atomic E-state index is 11.7. The van der Waals surface area contributed by atoms with Crippen molar-refractivity contribution in [3.05, 3.63) is 18.2 Å². The van der Waals surface area contributed by atoms with Gasteiger partial charge in [0.1, 0.15) is 5.82 Å². The summed E-state index contributed by atoms with van der Waals surface area (Å²) in [4.78, 5) is 22.5. The number of anilines is 1. The first-order chi connectivity index (χ1) is 9.24. The molecule has 0 aliphatic carbocycles.